The van der Waals surface area contributed by atoms with E-state index in [9.17, 15) is 9.18 Å². The second-order valence-electron chi connectivity index (χ2n) is 5.66. The molecule has 3 rings (SSSR count). The molecule has 1 fully saturated rings. The lowest BCUT2D eigenvalue weighted by molar-refractivity contribution is -0.125. The van der Waals surface area contributed by atoms with Gasteiger partial charge >= 0.3 is 0 Å². The van der Waals surface area contributed by atoms with Gasteiger partial charge in [-0.05, 0) is 24.6 Å². The van der Waals surface area contributed by atoms with Crippen molar-refractivity contribution in [2.45, 2.75) is 31.4 Å². The monoisotopic (exact) mass is 321 g/mol. The van der Waals surface area contributed by atoms with Crippen molar-refractivity contribution in [3.05, 3.63) is 29.8 Å². The van der Waals surface area contributed by atoms with Gasteiger partial charge in [0.2, 0.25) is 5.91 Å². The van der Waals surface area contributed by atoms with Gasteiger partial charge in [0.25, 0.3) is 0 Å². The Morgan fingerprint density at radius 2 is 2.43 bits per heavy atom. The molecule has 2 aromatic rings. The number of hydrogen-bond acceptors (Lipinski definition) is 4. The number of imidazole rings is 1. The summed E-state index contributed by atoms with van der Waals surface area (Å²) in [6.07, 6.45) is 1.43. The number of carbonyl (C=O) groups is 1. The zero-order valence-electron chi connectivity index (χ0n) is 13.0. The topological polar surface area (TPSA) is 76.2 Å². The van der Waals surface area contributed by atoms with E-state index in [1.165, 1.54) is 12.1 Å². The van der Waals surface area contributed by atoms with Crippen molar-refractivity contribution in [3.63, 3.8) is 0 Å². The number of nitrogens with one attached hydrogen (secondary N) is 2. The van der Waals surface area contributed by atoms with Crippen LogP contribution >= 0.6 is 0 Å². The molecule has 2 atom stereocenters. The van der Waals surface area contributed by atoms with Crippen LogP contribution in [-0.2, 0) is 20.7 Å². The summed E-state index contributed by atoms with van der Waals surface area (Å²) in [5.74, 6) is 0.317. The van der Waals surface area contributed by atoms with Gasteiger partial charge in [0, 0.05) is 26.6 Å². The molecule has 0 radical (unpaired) electrons. The molecule has 23 heavy (non-hydrogen) atoms. The third kappa shape index (κ3) is 3.86. The number of carbonyl (C=O) groups excluding carboxylic acids is 1. The van der Waals surface area contributed by atoms with Gasteiger partial charge in [-0.3, -0.25) is 4.79 Å². The van der Waals surface area contributed by atoms with Gasteiger partial charge in [-0.2, -0.15) is 0 Å². The average Bonchev–Trinajstić information content (AvgIpc) is 2.95. The van der Waals surface area contributed by atoms with Crippen molar-refractivity contribution in [2.75, 3.05) is 20.3 Å². The van der Waals surface area contributed by atoms with Gasteiger partial charge in [-0.15, -0.1) is 0 Å². The van der Waals surface area contributed by atoms with Gasteiger partial charge < -0.3 is 19.8 Å². The van der Waals surface area contributed by atoms with Gasteiger partial charge in [0.05, 0.1) is 23.7 Å². The molecule has 0 saturated carbocycles. The normalized spacial score (nSPS) is 21.5. The van der Waals surface area contributed by atoms with Crippen LogP contribution in [0.15, 0.2) is 18.2 Å². The van der Waals surface area contributed by atoms with Crippen LogP contribution < -0.4 is 5.32 Å². The fourth-order valence-electron chi connectivity index (χ4n) is 2.77. The minimum Gasteiger partial charge on any atom is -0.379 e. The third-order valence-corrected chi connectivity index (χ3v) is 4.04. The highest BCUT2D eigenvalue weighted by Crippen LogP contribution is 2.14. The number of nitrogens with zero attached hydrogens (tertiary/aromatic N) is 1. The van der Waals surface area contributed by atoms with E-state index in [4.69, 9.17) is 9.47 Å². The first-order valence-corrected chi connectivity index (χ1v) is 7.70. The summed E-state index contributed by atoms with van der Waals surface area (Å²) in [6.45, 7) is 1.12. The molecule has 2 unspecified atom stereocenters. The highest BCUT2D eigenvalue weighted by Gasteiger charge is 2.26. The molecule has 1 amide bonds. The Morgan fingerprint density at radius 1 is 1.57 bits per heavy atom. The highest BCUT2D eigenvalue weighted by molar-refractivity contribution is 5.77. The van der Waals surface area contributed by atoms with E-state index in [0.717, 1.165) is 6.42 Å². The number of methoxy groups -OCH3 is 1. The maximum absolute atomic E-state index is 13.2. The molecule has 0 bridgehead atoms. The Hall–Kier alpha value is -1.99. The Morgan fingerprint density at radius 3 is 3.26 bits per heavy atom. The Bertz CT molecular complexity index is 688. The number of aryl methyl sites for hydroxylation is 1. The van der Waals surface area contributed by atoms with E-state index in [1.807, 2.05) is 0 Å². The first-order valence-electron chi connectivity index (χ1n) is 7.70. The van der Waals surface area contributed by atoms with Gasteiger partial charge in [-0.1, -0.05) is 0 Å². The van der Waals surface area contributed by atoms with Crippen molar-refractivity contribution < 1.29 is 18.7 Å². The summed E-state index contributed by atoms with van der Waals surface area (Å²) in [6, 6.07) is 4.37. The predicted octanol–water partition coefficient (Wildman–Crippen LogP) is 1.55. The number of fused-ring (bicyclic) bond motifs is 1. The Kier molecular flexibility index (Phi) is 4.88. The maximum atomic E-state index is 13.2. The molecule has 1 aliphatic rings. The van der Waals surface area contributed by atoms with Crippen molar-refractivity contribution in [3.8, 4) is 0 Å². The number of aromatic amines is 1. The van der Waals surface area contributed by atoms with Crippen molar-refractivity contribution in [2.24, 2.45) is 0 Å². The second kappa shape index (κ2) is 7.06. The molecule has 0 spiro atoms. The molecule has 1 aromatic heterocycles. The fourth-order valence-corrected chi connectivity index (χ4v) is 2.77. The molecule has 7 heteroatoms. The van der Waals surface area contributed by atoms with Crippen LogP contribution in [0.4, 0.5) is 4.39 Å². The van der Waals surface area contributed by atoms with Crippen LogP contribution in [0.25, 0.3) is 11.0 Å². The van der Waals surface area contributed by atoms with Gasteiger partial charge in [0.1, 0.15) is 17.7 Å². The summed E-state index contributed by atoms with van der Waals surface area (Å²) in [4.78, 5) is 19.5. The van der Waals surface area contributed by atoms with E-state index in [2.05, 4.69) is 15.3 Å². The van der Waals surface area contributed by atoms with Crippen molar-refractivity contribution in [1.29, 1.82) is 0 Å². The fraction of sp³-hybridized carbons (Fsp3) is 0.500. The summed E-state index contributed by atoms with van der Waals surface area (Å²) in [5, 5.41) is 2.99. The van der Waals surface area contributed by atoms with Crippen LogP contribution in [0, 0.1) is 5.82 Å². The summed E-state index contributed by atoms with van der Waals surface area (Å²) in [5.41, 5.74) is 1.34. The van der Waals surface area contributed by atoms with Crippen molar-refractivity contribution >= 4 is 16.9 Å². The number of H-pyrrole nitrogens is 1. The minimum absolute atomic E-state index is 0.0222. The summed E-state index contributed by atoms with van der Waals surface area (Å²) >= 11 is 0. The maximum Gasteiger partial charge on any atom is 0.220 e. The highest BCUT2D eigenvalue weighted by atomic mass is 19.1. The average molecular weight is 321 g/mol. The number of hydrogen-bond donors (Lipinski definition) is 2. The zero-order valence-corrected chi connectivity index (χ0v) is 13.0. The number of ether oxygens (including phenoxy) is 2. The van der Waals surface area contributed by atoms with E-state index in [-0.39, 0.29) is 23.9 Å². The molecule has 2 N–H and O–H groups in total. The SMILES string of the molecule is COC1COCCC1NC(=O)CCc1nc2ccc(F)cc2[nH]1. The second-order valence-corrected chi connectivity index (χ2v) is 5.66. The molecule has 1 aromatic carbocycles. The number of amides is 1. The summed E-state index contributed by atoms with van der Waals surface area (Å²) < 4.78 is 23.8. The molecular formula is C16H20FN3O3. The molecule has 0 aliphatic carbocycles. The van der Waals surface area contributed by atoms with E-state index >= 15 is 0 Å². The Balaban J connectivity index is 1.55. The third-order valence-electron chi connectivity index (χ3n) is 4.04. The lowest BCUT2D eigenvalue weighted by Crippen LogP contribution is -2.49. The summed E-state index contributed by atoms with van der Waals surface area (Å²) in [7, 11) is 1.62. The van der Waals surface area contributed by atoms with Crippen LogP contribution in [0.2, 0.25) is 0 Å². The van der Waals surface area contributed by atoms with E-state index in [1.54, 1.807) is 13.2 Å². The van der Waals surface area contributed by atoms with Gasteiger partial charge in [-0.25, -0.2) is 9.37 Å². The van der Waals surface area contributed by atoms with Crippen LogP contribution in [0.5, 0.6) is 0 Å². The van der Waals surface area contributed by atoms with E-state index < -0.39 is 0 Å². The number of rotatable bonds is 5. The molecule has 124 valence electrons. The minimum atomic E-state index is -0.310. The number of benzene rings is 1. The number of aromatic nitrogens is 2. The molecule has 1 saturated heterocycles. The molecule has 1 aliphatic heterocycles. The van der Waals surface area contributed by atoms with Crippen LogP contribution in [0.3, 0.4) is 0 Å². The molecule has 6 nitrogen and oxygen atoms in total. The lowest BCUT2D eigenvalue weighted by atomic mass is 10.1. The number of halogens is 1. The standard InChI is InChI=1S/C16H20FN3O3/c1-22-14-9-23-7-6-12(14)20-16(21)5-4-15-18-11-3-2-10(17)8-13(11)19-15/h2-3,8,12,14H,4-7,9H2,1H3,(H,18,19)(H,20,21). The van der Waals surface area contributed by atoms with Crippen molar-refractivity contribution in [1.82, 2.24) is 15.3 Å². The first-order chi connectivity index (χ1) is 11.2. The predicted molar refractivity (Wildman–Crippen MR) is 82.5 cm³/mol. The molecular weight excluding hydrogens is 301 g/mol. The quantitative estimate of drug-likeness (QED) is 0.876. The van der Waals surface area contributed by atoms with Crippen LogP contribution in [0.1, 0.15) is 18.7 Å². The molecule has 2 heterocycles. The smallest absolute Gasteiger partial charge is 0.220 e. The first kappa shape index (κ1) is 15.9. The Labute approximate surface area is 133 Å². The largest absolute Gasteiger partial charge is 0.379 e. The van der Waals surface area contributed by atoms with Gasteiger partial charge in [0.15, 0.2) is 0 Å². The lowest BCUT2D eigenvalue weighted by Gasteiger charge is -2.31. The van der Waals surface area contributed by atoms with E-state index in [0.29, 0.717) is 42.9 Å². The van der Waals surface area contributed by atoms with Crippen LogP contribution in [-0.4, -0.2) is 48.3 Å². The zero-order chi connectivity index (χ0) is 16.2.